The zero-order valence-electron chi connectivity index (χ0n) is 23.0. The third kappa shape index (κ3) is 5.86. The van der Waals surface area contributed by atoms with E-state index in [2.05, 4.69) is 6.58 Å². The first-order valence-corrected chi connectivity index (χ1v) is 12.7. The fourth-order valence-corrected chi connectivity index (χ4v) is 4.30. The maximum absolute atomic E-state index is 14.7. The van der Waals surface area contributed by atoms with Crippen molar-refractivity contribution in [3.8, 4) is 11.3 Å². The van der Waals surface area contributed by atoms with Crippen molar-refractivity contribution in [2.45, 2.75) is 32.8 Å². The summed E-state index contributed by atoms with van der Waals surface area (Å²) in [7, 11) is 1.18. The van der Waals surface area contributed by atoms with Gasteiger partial charge in [0.25, 0.3) is 5.91 Å². The minimum Gasteiger partial charge on any atom is -0.451 e. The molecule has 8 heteroatoms. The lowest BCUT2D eigenvalue weighted by Crippen LogP contribution is -2.55. The summed E-state index contributed by atoms with van der Waals surface area (Å²) in [5.41, 5.74) is 1.92. The van der Waals surface area contributed by atoms with E-state index in [9.17, 15) is 14.4 Å². The molecule has 4 aromatic rings. The largest absolute Gasteiger partial charge is 0.451 e. The third-order valence-corrected chi connectivity index (χ3v) is 5.91. The Morgan fingerprint density at radius 1 is 0.875 bits per heavy atom. The van der Waals surface area contributed by atoms with E-state index in [1.807, 2.05) is 36.4 Å². The first-order valence-electron chi connectivity index (χ1n) is 12.7. The van der Waals surface area contributed by atoms with E-state index in [0.717, 1.165) is 10.6 Å². The van der Waals surface area contributed by atoms with Gasteiger partial charge >= 0.3 is 12.2 Å². The Balaban J connectivity index is 2.05. The zero-order chi connectivity index (χ0) is 28.9. The highest BCUT2D eigenvalue weighted by molar-refractivity contribution is 6.15. The number of pyridine rings is 1. The molecule has 1 heterocycles. The highest BCUT2D eigenvalue weighted by atomic mass is 16.6. The van der Waals surface area contributed by atoms with Crippen LogP contribution in [0.2, 0.25) is 0 Å². The Labute approximate surface area is 233 Å². The summed E-state index contributed by atoms with van der Waals surface area (Å²) in [6, 6.07) is 24.9. The number of methoxy groups -OCH3 is 1. The number of benzene rings is 3. The van der Waals surface area contributed by atoms with E-state index < -0.39 is 23.7 Å². The quantitative estimate of drug-likeness (QED) is 0.198. The fraction of sp³-hybridized carbons (Fsp3) is 0.188. The highest BCUT2D eigenvalue weighted by Gasteiger charge is 2.39. The minimum absolute atomic E-state index is 0.194. The second-order valence-corrected chi connectivity index (χ2v) is 9.90. The van der Waals surface area contributed by atoms with Crippen LogP contribution in [0.4, 0.5) is 15.3 Å². The molecule has 0 unspecified atom stereocenters. The number of amides is 3. The van der Waals surface area contributed by atoms with Crippen molar-refractivity contribution in [2.24, 2.45) is 0 Å². The SMILES string of the molecule is C=CCc1c(-c2ccccc2)nc2ccccc2c1C(=O)N(C(=O)OC(C)(C)C)N(C(=O)OC)c1ccccc1. The third-order valence-electron chi connectivity index (χ3n) is 5.91. The molecule has 0 spiro atoms. The van der Waals surface area contributed by atoms with Gasteiger partial charge in [-0.3, -0.25) is 4.79 Å². The molecular weight excluding hydrogens is 506 g/mol. The second-order valence-electron chi connectivity index (χ2n) is 9.90. The maximum Gasteiger partial charge on any atom is 0.437 e. The van der Waals surface area contributed by atoms with Gasteiger partial charge in [-0.15, -0.1) is 11.6 Å². The van der Waals surface area contributed by atoms with Crippen LogP contribution in [-0.2, 0) is 15.9 Å². The molecule has 40 heavy (non-hydrogen) atoms. The van der Waals surface area contributed by atoms with Crippen molar-refractivity contribution in [1.29, 1.82) is 0 Å². The van der Waals surface area contributed by atoms with Crippen LogP contribution in [0.3, 0.4) is 0 Å². The molecule has 8 nitrogen and oxygen atoms in total. The number of hydrogen-bond donors (Lipinski definition) is 0. The standard InChI is InChI=1S/C32H31N3O5/c1-6-15-25-27(24-20-13-14-21-26(24)33-28(25)22-16-9-7-10-17-22)29(36)35(31(38)40-32(2,3)4)34(30(37)39-5)23-18-11-8-12-19-23/h6-14,16-21H,1,15H2,2-5H3. The molecule has 0 atom stereocenters. The van der Waals surface area contributed by atoms with Crippen LogP contribution in [0.25, 0.3) is 22.2 Å². The van der Waals surface area contributed by atoms with Crippen LogP contribution in [-0.4, -0.2) is 40.8 Å². The van der Waals surface area contributed by atoms with E-state index >= 15 is 0 Å². The maximum atomic E-state index is 14.7. The van der Waals surface area contributed by atoms with Gasteiger partial charge in [0, 0.05) is 10.9 Å². The van der Waals surface area contributed by atoms with Gasteiger partial charge in [0.1, 0.15) is 5.60 Å². The molecule has 204 valence electrons. The van der Waals surface area contributed by atoms with Gasteiger partial charge in [-0.2, -0.15) is 5.01 Å². The Morgan fingerprint density at radius 2 is 1.48 bits per heavy atom. The Hall–Kier alpha value is -4.98. The van der Waals surface area contributed by atoms with E-state index in [1.54, 1.807) is 75.4 Å². The van der Waals surface area contributed by atoms with Crippen LogP contribution in [0.1, 0.15) is 36.7 Å². The number of rotatable bonds is 5. The molecule has 0 saturated heterocycles. The fourth-order valence-electron chi connectivity index (χ4n) is 4.30. The summed E-state index contributed by atoms with van der Waals surface area (Å²) in [5.74, 6) is -0.781. The van der Waals surface area contributed by atoms with E-state index in [0.29, 0.717) is 27.2 Å². The van der Waals surface area contributed by atoms with Crippen molar-refractivity contribution >= 4 is 34.7 Å². The van der Waals surface area contributed by atoms with Gasteiger partial charge in [-0.25, -0.2) is 14.6 Å². The number of para-hydroxylation sites is 2. The smallest absolute Gasteiger partial charge is 0.437 e. The number of imide groups is 1. The number of fused-ring (bicyclic) bond motifs is 1. The monoisotopic (exact) mass is 537 g/mol. The molecule has 0 aliphatic carbocycles. The second kappa shape index (κ2) is 11.8. The predicted molar refractivity (Wildman–Crippen MR) is 155 cm³/mol. The number of carbonyl (C=O) groups excluding carboxylic acids is 3. The molecular formula is C32H31N3O5. The van der Waals surface area contributed by atoms with Gasteiger partial charge < -0.3 is 9.47 Å². The van der Waals surface area contributed by atoms with E-state index in [-0.39, 0.29) is 17.7 Å². The summed E-state index contributed by atoms with van der Waals surface area (Å²) < 4.78 is 10.7. The van der Waals surface area contributed by atoms with Crippen LogP contribution >= 0.6 is 0 Å². The predicted octanol–water partition coefficient (Wildman–Crippen LogP) is 7.20. The molecule has 4 rings (SSSR count). The van der Waals surface area contributed by atoms with Gasteiger partial charge in [-0.1, -0.05) is 72.8 Å². The first-order chi connectivity index (χ1) is 19.2. The first kappa shape index (κ1) is 28.0. The minimum atomic E-state index is -1.04. The molecule has 1 aromatic heterocycles. The zero-order valence-corrected chi connectivity index (χ0v) is 23.0. The molecule has 0 radical (unpaired) electrons. The van der Waals surface area contributed by atoms with Crippen molar-refractivity contribution in [3.05, 3.63) is 109 Å². The number of anilines is 1. The topological polar surface area (TPSA) is 89.0 Å². The van der Waals surface area contributed by atoms with E-state index in [4.69, 9.17) is 14.5 Å². The van der Waals surface area contributed by atoms with Crippen molar-refractivity contribution in [1.82, 2.24) is 9.99 Å². The number of hydrazine groups is 1. The van der Waals surface area contributed by atoms with Gasteiger partial charge in [0.05, 0.1) is 29.6 Å². The van der Waals surface area contributed by atoms with Crippen LogP contribution < -0.4 is 5.01 Å². The normalized spacial score (nSPS) is 11.0. The molecule has 0 N–H and O–H groups in total. The number of aromatic nitrogens is 1. The van der Waals surface area contributed by atoms with Crippen LogP contribution in [0.5, 0.6) is 0 Å². The molecule has 0 bridgehead atoms. The number of carbonyl (C=O) groups is 3. The molecule has 0 saturated carbocycles. The van der Waals surface area contributed by atoms with Crippen LogP contribution in [0.15, 0.2) is 97.6 Å². The Bertz CT molecular complexity index is 1550. The van der Waals surface area contributed by atoms with Crippen molar-refractivity contribution < 1.29 is 23.9 Å². The molecule has 0 fully saturated rings. The summed E-state index contributed by atoms with van der Waals surface area (Å²) in [6.45, 7) is 8.93. The van der Waals surface area contributed by atoms with Crippen molar-refractivity contribution in [3.63, 3.8) is 0 Å². The highest BCUT2D eigenvalue weighted by Crippen LogP contribution is 2.33. The average molecular weight is 538 g/mol. The van der Waals surface area contributed by atoms with Crippen LogP contribution in [0, 0.1) is 0 Å². The summed E-state index contributed by atoms with van der Waals surface area (Å²) in [4.78, 5) is 46.6. The Morgan fingerprint density at radius 3 is 2.08 bits per heavy atom. The molecule has 0 aliphatic rings. The Kier molecular flexibility index (Phi) is 8.29. The lowest BCUT2D eigenvalue weighted by Gasteiger charge is -2.34. The molecule has 3 amide bonds. The van der Waals surface area contributed by atoms with Gasteiger partial charge in [-0.05, 0) is 51.0 Å². The van der Waals surface area contributed by atoms with E-state index in [1.165, 1.54) is 7.11 Å². The average Bonchev–Trinajstić information content (AvgIpc) is 2.94. The summed E-state index contributed by atoms with van der Waals surface area (Å²) >= 11 is 0. The molecule has 3 aromatic carbocycles. The number of allylic oxidation sites excluding steroid dienone is 1. The summed E-state index contributed by atoms with van der Waals surface area (Å²) in [6.07, 6.45) is -0.0486. The number of ether oxygens (including phenoxy) is 2. The molecule has 0 aliphatic heterocycles. The lowest BCUT2D eigenvalue weighted by atomic mass is 9.94. The lowest BCUT2D eigenvalue weighted by molar-refractivity contribution is 0.0214. The number of nitrogens with zero attached hydrogens (tertiary/aromatic N) is 3. The van der Waals surface area contributed by atoms with Gasteiger partial charge in [0.15, 0.2) is 0 Å². The number of hydrogen-bond acceptors (Lipinski definition) is 6. The van der Waals surface area contributed by atoms with Crippen molar-refractivity contribution in [2.75, 3.05) is 12.1 Å². The van der Waals surface area contributed by atoms with Gasteiger partial charge in [0.2, 0.25) is 0 Å². The summed E-state index contributed by atoms with van der Waals surface area (Å²) in [5, 5.41) is 2.08.